The van der Waals surface area contributed by atoms with Gasteiger partial charge in [-0.1, -0.05) is 24.3 Å². The molecule has 0 saturated carbocycles. The summed E-state index contributed by atoms with van der Waals surface area (Å²) in [5.74, 6) is 0. The molecule has 0 aliphatic carbocycles. The molecule has 0 bridgehead atoms. The highest BCUT2D eigenvalue weighted by molar-refractivity contribution is 5.78. The number of hydrogen-bond acceptors (Lipinski definition) is 3. The molecule has 2 atom stereocenters. The van der Waals surface area contributed by atoms with Gasteiger partial charge in [0, 0.05) is 17.6 Å². The molecule has 4 heteroatoms. The maximum atomic E-state index is 6.15. The minimum atomic E-state index is -0.0711. The van der Waals surface area contributed by atoms with Crippen molar-refractivity contribution in [1.82, 2.24) is 14.8 Å². The average molecular weight is 252 g/mol. The number of nitrogens with two attached hydrogens (primary N) is 1. The monoisotopic (exact) mass is 252 g/mol. The van der Waals surface area contributed by atoms with Crippen LogP contribution < -0.4 is 5.73 Å². The maximum Gasteiger partial charge on any atom is 0.109 e. The largest absolute Gasteiger partial charge is 0.326 e. The summed E-state index contributed by atoms with van der Waals surface area (Å²) in [4.78, 5) is 4.42. The fourth-order valence-electron chi connectivity index (χ4n) is 2.38. The first-order valence-electron chi connectivity index (χ1n) is 6.36. The normalized spacial score (nSPS) is 14.4. The van der Waals surface area contributed by atoms with Crippen LogP contribution in [-0.2, 0) is 0 Å². The molecular weight excluding hydrogens is 236 g/mol. The Morgan fingerprint density at radius 1 is 1.11 bits per heavy atom. The van der Waals surface area contributed by atoms with E-state index < -0.39 is 0 Å². The Kier molecular flexibility index (Phi) is 3.01. The van der Waals surface area contributed by atoms with Gasteiger partial charge in [-0.25, -0.2) is 0 Å². The van der Waals surface area contributed by atoms with Gasteiger partial charge in [0.2, 0.25) is 0 Å². The predicted octanol–water partition coefficient (Wildman–Crippen LogP) is 2.37. The lowest BCUT2D eigenvalue weighted by Gasteiger charge is -2.21. The van der Waals surface area contributed by atoms with Gasteiger partial charge in [-0.3, -0.25) is 9.67 Å². The van der Waals surface area contributed by atoms with Crippen LogP contribution in [0.25, 0.3) is 10.9 Å². The van der Waals surface area contributed by atoms with E-state index in [1.807, 2.05) is 48.1 Å². The van der Waals surface area contributed by atoms with Crippen LogP contribution in [0.5, 0.6) is 0 Å². The van der Waals surface area contributed by atoms with Gasteiger partial charge in [0.05, 0.1) is 17.4 Å². The lowest BCUT2D eigenvalue weighted by atomic mass is 10.1. The smallest absolute Gasteiger partial charge is 0.109 e. The van der Waals surface area contributed by atoms with Crippen molar-refractivity contribution in [1.29, 1.82) is 0 Å². The molecule has 2 aromatic heterocycles. The molecule has 2 heterocycles. The molecular formula is C15H16N4. The topological polar surface area (TPSA) is 56.7 Å². The molecule has 0 aliphatic rings. The van der Waals surface area contributed by atoms with Gasteiger partial charge < -0.3 is 5.73 Å². The molecule has 4 nitrogen and oxygen atoms in total. The average Bonchev–Trinajstić information content (AvgIpc) is 2.84. The van der Waals surface area contributed by atoms with Gasteiger partial charge in [-0.2, -0.15) is 5.10 Å². The first kappa shape index (κ1) is 11.9. The van der Waals surface area contributed by atoms with Crippen LogP contribution >= 0.6 is 0 Å². The van der Waals surface area contributed by atoms with Crippen molar-refractivity contribution in [3.8, 4) is 0 Å². The Bertz CT molecular complexity index is 673. The van der Waals surface area contributed by atoms with Crippen molar-refractivity contribution < 1.29 is 0 Å². The molecule has 2 unspecified atom stereocenters. The van der Waals surface area contributed by atoms with E-state index in [9.17, 15) is 0 Å². The molecule has 0 radical (unpaired) electrons. The Labute approximate surface area is 111 Å². The Hall–Kier alpha value is -2.20. The molecule has 3 aromatic rings. The van der Waals surface area contributed by atoms with Gasteiger partial charge in [0.25, 0.3) is 0 Å². The summed E-state index contributed by atoms with van der Waals surface area (Å²) in [5.41, 5.74) is 8.17. The number of aromatic nitrogens is 3. The second kappa shape index (κ2) is 4.82. The lowest BCUT2D eigenvalue weighted by Crippen LogP contribution is -2.31. The quantitative estimate of drug-likeness (QED) is 0.778. The summed E-state index contributed by atoms with van der Waals surface area (Å²) in [6.07, 6.45) is 3.66. The van der Waals surface area contributed by atoms with E-state index in [1.54, 1.807) is 6.20 Å². The van der Waals surface area contributed by atoms with Crippen molar-refractivity contribution in [3.05, 3.63) is 60.6 Å². The highest BCUT2D eigenvalue weighted by atomic mass is 15.3. The Morgan fingerprint density at radius 3 is 2.63 bits per heavy atom. The third-order valence-electron chi connectivity index (χ3n) is 3.26. The highest BCUT2D eigenvalue weighted by Gasteiger charge is 2.21. The molecule has 2 N–H and O–H groups in total. The van der Waals surface area contributed by atoms with Crippen molar-refractivity contribution in [3.63, 3.8) is 0 Å². The SMILES string of the molecule is CC(N)C(c1ccccn1)n1ncc2ccccc21. The number of benzene rings is 1. The van der Waals surface area contributed by atoms with E-state index in [-0.39, 0.29) is 12.1 Å². The van der Waals surface area contributed by atoms with Crippen molar-refractivity contribution in [2.75, 3.05) is 0 Å². The summed E-state index contributed by atoms with van der Waals surface area (Å²) in [6, 6.07) is 13.9. The molecule has 3 rings (SSSR count). The van der Waals surface area contributed by atoms with E-state index in [2.05, 4.69) is 22.2 Å². The molecule has 1 aromatic carbocycles. The summed E-state index contributed by atoms with van der Waals surface area (Å²) in [7, 11) is 0. The van der Waals surface area contributed by atoms with Crippen LogP contribution in [0.1, 0.15) is 18.7 Å². The van der Waals surface area contributed by atoms with E-state index in [4.69, 9.17) is 5.73 Å². The number of nitrogens with zero attached hydrogens (tertiary/aromatic N) is 3. The summed E-state index contributed by atoms with van der Waals surface area (Å²) in [5, 5.41) is 5.60. The number of fused-ring (bicyclic) bond motifs is 1. The zero-order chi connectivity index (χ0) is 13.2. The molecule has 0 aliphatic heterocycles. The molecule has 0 amide bonds. The summed E-state index contributed by atoms with van der Waals surface area (Å²) >= 11 is 0. The van der Waals surface area contributed by atoms with Gasteiger partial charge in [-0.15, -0.1) is 0 Å². The van der Waals surface area contributed by atoms with Crippen LogP contribution in [0.3, 0.4) is 0 Å². The molecule has 0 fully saturated rings. The molecule has 96 valence electrons. The van der Waals surface area contributed by atoms with E-state index in [1.165, 1.54) is 0 Å². The minimum Gasteiger partial charge on any atom is -0.326 e. The zero-order valence-electron chi connectivity index (χ0n) is 10.8. The third kappa shape index (κ3) is 2.11. The second-order valence-corrected chi connectivity index (χ2v) is 4.71. The lowest BCUT2D eigenvalue weighted by molar-refractivity contribution is 0.456. The number of rotatable bonds is 3. The van der Waals surface area contributed by atoms with Crippen LogP contribution in [0.15, 0.2) is 54.9 Å². The summed E-state index contributed by atoms with van der Waals surface area (Å²) in [6.45, 7) is 1.98. The minimum absolute atomic E-state index is 0.0545. The van der Waals surface area contributed by atoms with Crippen LogP contribution in [0.4, 0.5) is 0 Å². The van der Waals surface area contributed by atoms with Gasteiger partial charge >= 0.3 is 0 Å². The Balaban J connectivity index is 2.16. The van der Waals surface area contributed by atoms with Crippen molar-refractivity contribution in [2.45, 2.75) is 19.0 Å². The van der Waals surface area contributed by atoms with Gasteiger partial charge in [0.1, 0.15) is 6.04 Å². The van der Waals surface area contributed by atoms with Crippen LogP contribution in [0, 0.1) is 0 Å². The van der Waals surface area contributed by atoms with E-state index in [0.717, 1.165) is 16.6 Å². The summed E-state index contributed by atoms with van der Waals surface area (Å²) < 4.78 is 1.96. The zero-order valence-corrected chi connectivity index (χ0v) is 10.8. The van der Waals surface area contributed by atoms with Crippen LogP contribution in [-0.4, -0.2) is 20.8 Å². The van der Waals surface area contributed by atoms with Gasteiger partial charge in [-0.05, 0) is 25.1 Å². The van der Waals surface area contributed by atoms with E-state index in [0.29, 0.717) is 0 Å². The number of hydrogen-bond donors (Lipinski definition) is 1. The van der Waals surface area contributed by atoms with Crippen LogP contribution in [0.2, 0.25) is 0 Å². The Morgan fingerprint density at radius 2 is 1.89 bits per heavy atom. The second-order valence-electron chi connectivity index (χ2n) is 4.71. The molecule has 0 saturated heterocycles. The first-order chi connectivity index (χ1) is 9.27. The fourth-order valence-corrected chi connectivity index (χ4v) is 2.38. The number of para-hydroxylation sites is 1. The standard InChI is InChI=1S/C15H16N4/c1-11(16)15(13-7-4-5-9-17-13)19-14-8-3-2-6-12(14)10-18-19/h2-11,15H,16H2,1H3. The first-order valence-corrected chi connectivity index (χ1v) is 6.36. The van der Waals surface area contributed by atoms with E-state index >= 15 is 0 Å². The third-order valence-corrected chi connectivity index (χ3v) is 3.26. The maximum absolute atomic E-state index is 6.15. The van der Waals surface area contributed by atoms with Gasteiger partial charge in [0.15, 0.2) is 0 Å². The highest BCUT2D eigenvalue weighted by Crippen LogP contribution is 2.23. The number of pyridine rings is 1. The van der Waals surface area contributed by atoms with Crippen molar-refractivity contribution >= 4 is 10.9 Å². The fraction of sp³-hybridized carbons (Fsp3) is 0.200. The molecule has 19 heavy (non-hydrogen) atoms. The van der Waals surface area contributed by atoms with Crippen molar-refractivity contribution in [2.24, 2.45) is 5.73 Å². The predicted molar refractivity (Wildman–Crippen MR) is 75.8 cm³/mol. The molecule has 0 spiro atoms.